The summed E-state index contributed by atoms with van der Waals surface area (Å²) in [6, 6.07) is 9.56. The Morgan fingerprint density at radius 1 is 1.10 bits per heavy atom. The van der Waals surface area contributed by atoms with Gasteiger partial charge in [0.05, 0.1) is 5.56 Å². The van der Waals surface area contributed by atoms with E-state index in [9.17, 15) is 13.6 Å². The van der Waals surface area contributed by atoms with E-state index in [0.29, 0.717) is 0 Å². The number of rotatable bonds is 2. The second-order valence-electron chi connectivity index (χ2n) is 5.20. The van der Waals surface area contributed by atoms with Crippen LogP contribution in [0.25, 0.3) is 0 Å². The van der Waals surface area contributed by atoms with E-state index in [1.807, 2.05) is 24.3 Å². The number of nitrogens with one attached hydrogen (secondary N) is 1. The van der Waals surface area contributed by atoms with Crippen LogP contribution in [0.5, 0.6) is 0 Å². The monoisotopic (exact) mass is 288 g/mol. The second-order valence-corrected chi connectivity index (χ2v) is 5.20. The zero-order valence-corrected chi connectivity index (χ0v) is 11.2. The molecule has 5 heteroatoms. The van der Waals surface area contributed by atoms with Gasteiger partial charge in [0.1, 0.15) is 0 Å². The lowest BCUT2D eigenvalue weighted by atomic mass is 10.1. The largest absolute Gasteiger partial charge is 0.398 e. The van der Waals surface area contributed by atoms with Crippen molar-refractivity contribution in [2.75, 3.05) is 5.73 Å². The van der Waals surface area contributed by atoms with Crippen LogP contribution in [0.15, 0.2) is 36.4 Å². The molecule has 0 aliphatic heterocycles. The summed E-state index contributed by atoms with van der Waals surface area (Å²) in [6.07, 6.45) is 1.46. The molecule has 3 rings (SSSR count). The van der Waals surface area contributed by atoms with Crippen LogP contribution in [-0.2, 0) is 12.8 Å². The van der Waals surface area contributed by atoms with E-state index in [0.717, 1.165) is 25.0 Å². The van der Waals surface area contributed by atoms with E-state index in [1.165, 1.54) is 11.1 Å². The number of amides is 1. The Morgan fingerprint density at radius 3 is 2.29 bits per heavy atom. The minimum absolute atomic E-state index is 0.0372. The molecule has 0 aromatic heterocycles. The number of hydrogen-bond donors (Lipinski definition) is 2. The van der Waals surface area contributed by atoms with Gasteiger partial charge in [0.2, 0.25) is 0 Å². The summed E-state index contributed by atoms with van der Waals surface area (Å²) in [7, 11) is 0. The van der Waals surface area contributed by atoms with Crippen LogP contribution >= 0.6 is 0 Å². The molecular weight excluding hydrogens is 274 g/mol. The topological polar surface area (TPSA) is 55.1 Å². The third-order valence-corrected chi connectivity index (χ3v) is 3.72. The van der Waals surface area contributed by atoms with E-state index in [1.54, 1.807) is 0 Å². The molecule has 2 aromatic carbocycles. The van der Waals surface area contributed by atoms with Gasteiger partial charge in [0, 0.05) is 17.8 Å². The maximum Gasteiger partial charge on any atom is 0.253 e. The molecule has 0 atom stereocenters. The fourth-order valence-electron chi connectivity index (χ4n) is 2.68. The first-order chi connectivity index (χ1) is 10.0. The molecule has 1 aliphatic carbocycles. The Hall–Kier alpha value is -2.43. The van der Waals surface area contributed by atoms with Crippen molar-refractivity contribution in [2.24, 2.45) is 0 Å². The third-order valence-electron chi connectivity index (χ3n) is 3.72. The summed E-state index contributed by atoms with van der Waals surface area (Å²) in [6.45, 7) is 0. The molecule has 0 heterocycles. The lowest BCUT2D eigenvalue weighted by Gasteiger charge is -2.13. The smallest absolute Gasteiger partial charge is 0.253 e. The molecule has 2 aromatic rings. The standard InChI is InChI=1S/C16H14F2N2O/c17-13-7-12(15(19)8-14(13)18)16(21)20-11-5-9-3-1-2-4-10(9)6-11/h1-4,7-8,11H,5-6,19H2,(H,20,21). The molecule has 108 valence electrons. The Kier molecular flexibility index (Phi) is 3.33. The molecule has 0 saturated carbocycles. The molecule has 1 aliphatic rings. The number of benzene rings is 2. The van der Waals surface area contributed by atoms with E-state index in [-0.39, 0.29) is 17.3 Å². The number of halogens is 2. The normalized spacial score (nSPS) is 14.0. The highest BCUT2D eigenvalue weighted by atomic mass is 19.2. The van der Waals surface area contributed by atoms with Crippen LogP contribution in [0.4, 0.5) is 14.5 Å². The van der Waals surface area contributed by atoms with Crippen molar-refractivity contribution in [3.05, 3.63) is 64.7 Å². The minimum Gasteiger partial charge on any atom is -0.398 e. The fraction of sp³-hybridized carbons (Fsp3) is 0.188. The lowest BCUT2D eigenvalue weighted by molar-refractivity contribution is 0.0939. The van der Waals surface area contributed by atoms with Gasteiger partial charge in [-0.25, -0.2) is 8.78 Å². The highest BCUT2D eigenvalue weighted by molar-refractivity contribution is 5.99. The fourth-order valence-corrected chi connectivity index (χ4v) is 2.68. The van der Waals surface area contributed by atoms with Crippen molar-refractivity contribution in [3.63, 3.8) is 0 Å². The first-order valence-electron chi connectivity index (χ1n) is 6.67. The van der Waals surface area contributed by atoms with Crippen molar-refractivity contribution >= 4 is 11.6 Å². The highest BCUT2D eigenvalue weighted by Gasteiger charge is 2.24. The molecule has 0 unspecified atom stereocenters. The van der Waals surface area contributed by atoms with Crippen molar-refractivity contribution in [3.8, 4) is 0 Å². The van der Waals surface area contributed by atoms with Gasteiger partial charge in [0.25, 0.3) is 5.91 Å². The number of nitrogen functional groups attached to an aromatic ring is 1. The van der Waals surface area contributed by atoms with Gasteiger partial charge in [-0.05, 0) is 30.0 Å². The van der Waals surface area contributed by atoms with E-state index < -0.39 is 17.5 Å². The van der Waals surface area contributed by atoms with Crippen LogP contribution in [-0.4, -0.2) is 11.9 Å². The van der Waals surface area contributed by atoms with Crippen LogP contribution in [0.1, 0.15) is 21.5 Å². The summed E-state index contributed by atoms with van der Waals surface area (Å²) in [5.74, 6) is -2.62. The van der Waals surface area contributed by atoms with Crippen molar-refractivity contribution in [1.82, 2.24) is 5.32 Å². The Labute approximate surface area is 120 Å². The molecule has 3 nitrogen and oxygen atoms in total. The van der Waals surface area contributed by atoms with E-state index >= 15 is 0 Å². The van der Waals surface area contributed by atoms with Gasteiger partial charge in [-0.1, -0.05) is 24.3 Å². The average Bonchev–Trinajstić information content (AvgIpc) is 2.84. The number of nitrogens with two attached hydrogens (primary N) is 1. The maximum absolute atomic E-state index is 13.2. The summed E-state index contributed by atoms with van der Waals surface area (Å²) in [4.78, 5) is 12.2. The maximum atomic E-state index is 13.2. The van der Waals surface area contributed by atoms with Crippen LogP contribution < -0.4 is 11.1 Å². The first kappa shape index (κ1) is 13.5. The van der Waals surface area contributed by atoms with Crippen LogP contribution in [0, 0.1) is 11.6 Å². The predicted molar refractivity (Wildman–Crippen MR) is 75.9 cm³/mol. The van der Waals surface area contributed by atoms with Crippen molar-refractivity contribution in [2.45, 2.75) is 18.9 Å². The number of anilines is 1. The summed E-state index contributed by atoms with van der Waals surface area (Å²) < 4.78 is 26.3. The van der Waals surface area contributed by atoms with Crippen molar-refractivity contribution < 1.29 is 13.6 Å². The van der Waals surface area contributed by atoms with Gasteiger partial charge >= 0.3 is 0 Å². The summed E-state index contributed by atoms with van der Waals surface area (Å²) >= 11 is 0. The molecule has 21 heavy (non-hydrogen) atoms. The van der Waals surface area contributed by atoms with Gasteiger partial charge in [-0.3, -0.25) is 4.79 Å². The molecule has 1 amide bonds. The molecule has 0 saturated heterocycles. The first-order valence-corrected chi connectivity index (χ1v) is 6.67. The zero-order valence-electron chi connectivity index (χ0n) is 11.2. The lowest BCUT2D eigenvalue weighted by Crippen LogP contribution is -2.35. The number of carbonyl (C=O) groups excluding carboxylic acids is 1. The second kappa shape index (κ2) is 5.16. The minimum atomic E-state index is -1.08. The highest BCUT2D eigenvalue weighted by Crippen LogP contribution is 2.23. The van der Waals surface area contributed by atoms with Crippen LogP contribution in [0.3, 0.4) is 0 Å². The van der Waals surface area contributed by atoms with Crippen LogP contribution in [0.2, 0.25) is 0 Å². The molecule has 0 fully saturated rings. The number of fused-ring (bicyclic) bond motifs is 1. The molecule has 0 radical (unpaired) electrons. The van der Waals surface area contributed by atoms with Crippen molar-refractivity contribution in [1.29, 1.82) is 0 Å². The number of hydrogen-bond acceptors (Lipinski definition) is 2. The zero-order chi connectivity index (χ0) is 15.0. The van der Waals surface area contributed by atoms with E-state index in [2.05, 4.69) is 5.32 Å². The SMILES string of the molecule is Nc1cc(F)c(F)cc1C(=O)NC1Cc2ccccc2C1. The number of carbonyl (C=O) groups is 1. The average molecular weight is 288 g/mol. The molecule has 0 spiro atoms. The van der Waals surface area contributed by atoms with Gasteiger partial charge in [0.15, 0.2) is 11.6 Å². The third kappa shape index (κ3) is 2.59. The summed E-state index contributed by atoms with van der Waals surface area (Å²) in [5.41, 5.74) is 7.87. The molecule has 3 N–H and O–H groups in total. The Bertz CT molecular complexity index is 690. The van der Waals surface area contributed by atoms with E-state index in [4.69, 9.17) is 5.73 Å². The van der Waals surface area contributed by atoms with Gasteiger partial charge in [-0.15, -0.1) is 0 Å². The Morgan fingerprint density at radius 2 is 1.67 bits per heavy atom. The predicted octanol–water partition coefficient (Wildman–Crippen LogP) is 2.44. The van der Waals surface area contributed by atoms with Gasteiger partial charge in [-0.2, -0.15) is 0 Å². The van der Waals surface area contributed by atoms with Gasteiger partial charge < -0.3 is 11.1 Å². The molecular formula is C16H14F2N2O. The quantitative estimate of drug-likeness (QED) is 0.834. The molecule has 0 bridgehead atoms. The summed E-state index contributed by atoms with van der Waals surface area (Å²) in [5, 5.41) is 2.82. The Balaban J connectivity index is 1.75.